The fraction of sp³-hybridized carbons (Fsp3) is 0.444. The molecule has 0 radical (unpaired) electrons. The highest BCUT2D eigenvalue weighted by molar-refractivity contribution is 6.31. The van der Waals surface area contributed by atoms with E-state index < -0.39 is 23.4 Å². The lowest BCUT2D eigenvalue weighted by atomic mass is 9.83. The maximum Gasteiger partial charge on any atom is 0.328 e. The summed E-state index contributed by atoms with van der Waals surface area (Å²) < 4.78 is 19.6. The van der Waals surface area contributed by atoms with Gasteiger partial charge in [0.25, 0.3) is 0 Å². The molecule has 5 nitrogen and oxygen atoms in total. The average Bonchev–Trinajstić information content (AvgIpc) is 2.90. The van der Waals surface area contributed by atoms with Crippen LogP contribution in [0.25, 0.3) is 5.57 Å². The number of rotatable bonds is 3. The normalized spacial score (nSPS) is 25.6. The van der Waals surface area contributed by atoms with E-state index >= 15 is 0 Å². The summed E-state index contributed by atoms with van der Waals surface area (Å²) in [6.07, 6.45) is 2.90. The lowest BCUT2D eigenvalue weighted by molar-refractivity contribution is -0.154. The summed E-state index contributed by atoms with van der Waals surface area (Å²) in [4.78, 5) is 26.5. The van der Waals surface area contributed by atoms with E-state index in [4.69, 9.17) is 22.1 Å². The molecule has 1 amide bonds. The van der Waals surface area contributed by atoms with Crippen LogP contribution in [0.2, 0.25) is 5.02 Å². The Balaban J connectivity index is 2.00. The van der Waals surface area contributed by atoms with Gasteiger partial charge < -0.3 is 15.4 Å². The van der Waals surface area contributed by atoms with Crippen LogP contribution < -0.4 is 5.73 Å². The number of nitrogen functional groups attached to an aromatic ring is 1. The monoisotopic (exact) mass is 366 g/mol. The van der Waals surface area contributed by atoms with E-state index in [1.54, 1.807) is 11.8 Å². The number of carbonyl (C=O) groups excluding carboxylic acids is 2. The molecular formula is C18H20ClFN2O3. The molecule has 1 aromatic carbocycles. The van der Waals surface area contributed by atoms with E-state index in [9.17, 15) is 14.0 Å². The summed E-state index contributed by atoms with van der Waals surface area (Å²) in [7, 11) is 0. The number of anilines is 1. The van der Waals surface area contributed by atoms with Crippen LogP contribution in [0.5, 0.6) is 0 Å². The van der Waals surface area contributed by atoms with Crippen molar-refractivity contribution in [2.24, 2.45) is 0 Å². The highest BCUT2D eigenvalue weighted by Crippen LogP contribution is 2.46. The Bertz CT molecular complexity index is 780. The smallest absolute Gasteiger partial charge is 0.328 e. The third kappa shape index (κ3) is 2.88. The van der Waals surface area contributed by atoms with Crippen molar-refractivity contribution >= 4 is 34.7 Å². The van der Waals surface area contributed by atoms with Crippen LogP contribution in [-0.2, 0) is 14.3 Å². The molecule has 3 rings (SSSR count). The Kier molecular flexibility index (Phi) is 4.49. The zero-order valence-corrected chi connectivity index (χ0v) is 14.9. The molecule has 0 bridgehead atoms. The second-order valence-corrected chi connectivity index (χ2v) is 7.09. The van der Waals surface area contributed by atoms with Crippen molar-refractivity contribution < 1.29 is 18.7 Å². The number of fused-ring (bicyclic) bond motifs is 1. The first-order valence-corrected chi connectivity index (χ1v) is 8.60. The Morgan fingerprint density at radius 3 is 2.92 bits per heavy atom. The highest BCUT2D eigenvalue weighted by Gasteiger charge is 2.51. The standard InChI is InChI=1S/C18H20ClFN2O3/c1-3-25-17(24)13-6-7-18(2)9-10(8-14(23)22(13)18)15-12(21)5-4-11(19)16(15)20/h4-5,8,13H,3,6-7,9,21H2,1-2H3/t13-,18?/m0/s1. The van der Waals surface area contributed by atoms with Gasteiger partial charge in [-0.25, -0.2) is 9.18 Å². The van der Waals surface area contributed by atoms with Crippen molar-refractivity contribution in [3.05, 3.63) is 34.6 Å². The van der Waals surface area contributed by atoms with Crippen LogP contribution in [0.1, 0.15) is 38.7 Å². The van der Waals surface area contributed by atoms with E-state index in [2.05, 4.69) is 0 Å². The second kappa shape index (κ2) is 6.33. The molecule has 2 aliphatic rings. The minimum Gasteiger partial charge on any atom is -0.464 e. The summed E-state index contributed by atoms with van der Waals surface area (Å²) in [5.74, 6) is -1.36. The lowest BCUT2D eigenvalue weighted by Gasteiger charge is -2.41. The fourth-order valence-corrected chi connectivity index (χ4v) is 4.02. The van der Waals surface area contributed by atoms with E-state index in [0.29, 0.717) is 24.8 Å². The zero-order chi connectivity index (χ0) is 18.4. The third-order valence-corrected chi connectivity index (χ3v) is 5.25. The number of hydrogen-bond acceptors (Lipinski definition) is 4. The average molecular weight is 367 g/mol. The molecular weight excluding hydrogens is 347 g/mol. The minimum atomic E-state index is -0.627. The van der Waals surface area contributed by atoms with Gasteiger partial charge in [0.05, 0.1) is 11.6 Å². The first kappa shape index (κ1) is 17.7. The van der Waals surface area contributed by atoms with Crippen LogP contribution in [-0.4, -0.2) is 35.0 Å². The van der Waals surface area contributed by atoms with E-state index in [1.165, 1.54) is 18.2 Å². The first-order valence-electron chi connectivity index (χ1n) is 8.23. The van der Waals surface area contributed by atoms with Gasteiger partial charge in [-0.05, 0) is 50.8 Å². The van der Waals surface area contributed by atoms with Crippen molar-refractivity contribution in [2.75, 3.05) is 12.3 Å². The number of amides is 1. The molecule has 1 unspecified atom stereocenters. The SMILES string of the molecule is CCOC(=O)[C@@H]1CCC2(C)CC(c3c(N)ccc(Cl)c3F)=CC(=O)N12. The predicted molar refractivity (Wildman–Crippen MR) is 93.3 cm³/mol. The van der Waals surface area contributed by atoms with Crippen molar-refractivity contribution in [2.45, 2.75) is 44.7 Å². The Morgan fingerprint density at radius 1 is 1.52 bits per heavy atom. The van der Waals surface area contributed by atoms with Gasteiger partial charge in [0.1, 0.15) is 6.04 Å². The molecule has 2 heterocycles. The van der Waals surface area contributed by atoms with Gasteiger partial charge in [-0.1, -0.05) is 11.6 Å². The molecule has 1 aromatic rings. The number of hydrogen-bond donors (Lipinski definition) is 1. The largest absolute Gasteiger partial charge is 0.464 e. The maximum atomic E-state index is 14.5. The molecule has 1 fully saturated rings. The topological polar surface area (TPSA) is 72.6 Å². The molecule has 2 N–H and O–H groups in total. The van der Waals surface area contributed by atoms with Gasteiger partial charge in [0.15, 0.2) is 5.82 Å². The van der Waals surface area contributed by atoms with Crippen molar-refractivity contribution in [1.82, 2.24) is 4.90 Å². The van der Waals surface area contributed by atoms with E-state index in [-0.39, 0.29) is 28.8 Å². The summed E-state index contributed by atoms with van der Waals surface area (Å²) in [6.45, 7) is 3.89. The molecule has 0 aliphatic carbocycles. The van der Waals surface area contributed by atoms with Crippen LogP contribution in [0, 0.1) is 5.82 Å². The molecule has 134 valence electrons. The highest BCUT2D eigenvalue weighted by atomic mass is 35.5. The number of nitrogens with two attached hydrogens (primary N) is 1. The molecule has 0 saturated carbocycles. The number of nitrogens with zero attached hydrogens (tertiary/aromatic N) is 1. The first-order chi connectivity index (χ1) is 11.8. The Hall–Kier alpha value is -2.08. The van der Waals surface area contributed by atoms with Gasteiger partial charge in [-0.3, -0.25) is 4.79 Å². The van der Waals surface area contributed by atoms with Gasteiger partial charge in [0, 0.05) is 22.9 Å². The summed E-state index contributed by atoms with van der Waals surface area (Å²) in [5, 5.41) is -0.0408. The van der Waals surface area contributed by atoms with Crippen molar-refractivity contribution in [3.63, 3.8) is 0 Å². The number of carbonyl (C=O) groups is 2. The Labute approximate surface area is 150 Å². The van der Waals surface area contributed by atoms with E-state index in [1.807, 2.05) is 6.92 Å². The zero-order valence-electron chi connectivity index (χ0n) is 14.1. The number of benzene rings is 1. The molecule has 0 aromatic heterocycles. The quantitative estimate of drug-likeness (QED) is 0.658. The molecule has 0 spiro atoms. The summed E-state index contributed by atoms with van der Waals surface area (Å²) >= 11 is 5.87. The second-order valence-electron chi connectivity index (χ2n) is 6.68. The van der Waals surface area contributed by atoms with Crippen molar-refractivity contribution in [3.8, 4) is 0 Å². The van der Waals surface area contributed by atoms with Crippen LogP contribution in [0.3, 0.4) is 0 Å². The number of ether oxygens (including phenoxy) is 1. The molecule has 1 saturated heterocycles. The lowest BCUT2D eigenvalue weighted by Crippen LogP contribution is -2.53. The fourth-order valence-electron chi connectivity index (χ4n) is 3.86. The van der Waals surface area contributed by atoms with Gasteiger partial charge in [-0.15, -0.1) is 0 Å². The van der Waals surface area contributed by atoms with Gasteiger partial charge >= 0.3 is 5.97 Å². The minimum absolute atomic E-state index is 0.0408. The Morgan fingerprint density at radius 2 is 2.24 bits per heavy atom. The molecule has 2 aliphatic heterocycles. The summed E-state index contributed by atoms with van der Waals surface area (Å²) in [6, 6.07) is 2.31. The molecule has 2 atom stereocenters. The third-order valence-electron chi connectivity index (χ3n) is 4.96. The van der Waals surface area contributed by atoms with Crippen molar-refractivity contribution in [1.29, 1.82) is 0 Å². The van der Waals surface area contributed by atoms with Crippen LogP contribution in [0.4, 0.5) is 10.1 Å². The van der Waals surface area contributed by atoms with E-state index in [0.717, 1.165) is 0 Å². The van der Waals surface area contributed by atoms with Gasteiger partial charge in [0.2, 0.25) is 5.91 Å². The maximum absolute atomic E-state index is 14.5. The van der Waals surface area contributed by atoms with Crippen LogP contribution >= 0.6 is 11.6 Å². The van der Waals surface area contributed by atoms with Gasteiger partial charge in [-0.2, -0.15) is 0 Å². The molecule has 7 heteroatoms. The molecule has 25 heavy (non-hydrogen) atoms. The number of esters is 1. The number of halogens is 2. The van der Waals surface area contributed by atoms with Crippen LogP contribution in [0.15, 0.2) is 18.2 Å². The predicted octanol–water partition coefficient (Wildman–Crippen LogP) is 3.16. The summed E-state index contributed by atoms with van der Waals surface area (Å²) in [5.41, 5.74) is 6.25.